The van der Waals surface area contributed by atoms with Crippen LogP contribution in [-0.4, -0.2) is 32.6 Å². The SMILES string of the molecule is O=C(CC1SC(=O)NC1=O)Oc1ccc(C=C2SC(=O)NC2=S)cc1. The van der Waals surface area contributed by atoms with E-state index in [1.807, 2.05) is 0 Å². The molecule has 0 saturated carbocycles. The largest absolute Gasteiger partial charge is 0.426 e. The van der Waals surface area contributed by atoms with Gasteiger partial charge in [-0.3, -0.25) is 24.5 Å². The van der Waals surface area contributed by atoms with E-state index in [1.54, 1.807) is 30.3 Å². The summed E-state index contributed by atoms with van der Waals surface area (Å²) in [5.41, 5.74) is 0.789. The van der Waals surface area contributed by atoms with Crippen LogP contribution in [0.3, 0.4) is 0 Å². The number of thiocarbonyl (C=S) groups is 1. The minimum absolute atomic E-state index is 0.188. The first kappa shape index (κ1) is 17.6. The lowest BCUT2D eigenvalue weighted by molar-refractivity contribution is -0.135. The number of rotatable bonds is 4. The summed E-state index contributed by atoms with van der Waals surface area (Å²) in [5.74, 6) is -0.768. The normalized spacial score (nSPS) is 21.4. The lowest BCUT2D eigenvalue weighted by atomic mass is 10.2. The van der Waals surface area contributed by atoms with E-state index >= 15 is 0 Å². The molecular formula is C15H10N2O5S3. The standard InChI is InChI=1S/C15H10N2O5S3/c18-11(6-9-12(19)16-14(20)24-9)22-8-3-1-7(2-4-8)5-10-13(23)17-15(21)25-10/h1-5,9H,6H2,(H,16,19,20)(H,17,21,23). The van der Waals surface area contributed by atoms with Gasteiger partial charge in [0, 0.05) is 0 Å². The Morgan fingerprint density at radius 1 is 1.16 bits per heavy atom. The van der Waals surface area contributed by atoms with E-state index in [9.17, 15) is 19.2 Å². The van der Waals surface area contributed by atoms with Gasteiger partial charge in [-0.05, 0) is 35.5 Å². The third-order valence-corrected chi connectivity index (χ3v) is 5.43. The topological polar surface area (TPSA) is 102 Å². The number of esters is 1. The molecule has 2 heterocycles. The Balaban J connectivity index is 1.59. The molecule has 2 saturated heterocycles. The maximum Gasteiger partial charge on any atom is 0.312 e. The second-order valence-electron chi connectivity index (χ2n) is 4.98. The Kier molecular flexibility index (Phi) is 5.21. The third kappa shape index (κ3) is 4.47. The van der Waals surface area contributed by atoms with Crippen LogP contribution in [0.2, 0.25) is 0 Å². The molecule has 1 unspecified atom stereocenters. The van der Waals surface area contributed by atoms with Crippen molar-refractivity contribution >= 4 is 69.2 Å². The molecule has 25 heavy (non-hydrogen) atoms. The molecule has 0 spiro atoms. The van der Waals surface area contributed by atoms with Crippen LogP contribution in [0.1, 0.15) is 12.0 Å². The zero-order valence-electron chi connectivity index (χ0n) is 12.4. The number of amides is 3. The maximum absolute atomic E-state index is 11.9. The first-order chi connectivity index (χ1) is 11.9. The fraction of sp³-hybridized carbons (Fsp3) is 0.133. The third-order valence-electron chi connectivity index (χ3n) is 3.17. The van der Waals surface area contributed by atoms with E-state index in [2.05, 4.69) is 10.6 Å². The van der Waals surface area contributed by atoms with Crippen molar-refractivity contribution in [3.05, 3.63) is 34.7 Å². The number of carbonyl (C=O) groups excluding carboxylic acids is 4. The second-order valence-corrected chi connectivity index (χ2v) is 7.58. The van der Waals surface area contributed by atoms with Crippen molar-refractivity contribution in [2.75, 3.05) is 0 Å². The number of ether oxygens (including phenoxy) is 1. The fourth-order valence-corrected chi connectivity index (χ4v) is 3.89. The fourth-order valence-electron chi connectivity index (χ4n) is 2.06. The number of thioether (sulfide) groups is 2. The van der Waals surface area contributed by atoms with Crippen LogP contribution in [0.15, 0.2) is 29.2 Å². The maximum atomic E-state index is 11.9. The summed E-state index contributed by atoms with van der Waals surface area (Å²) in [6.45, 7) is 0. The number of imide groups is 1. The predicted molar refractivity (Wildman–Crippen MR) is 98.3 cm³/mol. The monoisotopic (exact) mass is 394 g/mol. The van der Waals surface area contributed by atoms with Crippen molar-refractivity contribution in [1.82, 2.24) is 10.6 Å². The van der Waals surface area contributed by atoms with Crippen LogP contribution in [0.5, 0.6) is 5.75 Å². The van der Waals surface area contributed by atoms with Crippen LogP contribution in [0, 0.1) is 0 Å². The van der Waals surface area contributed by atoms with Gasteiger partial charge in [0.2, 0.25) is 5.91 Å². The summed E-state index contributed by atoms with van der Waals surface area (Å²) in [4.78, 5) is 46.6. The van der Waals surface area contributed by atoms with Crippen LogP contribution in [0.25, 0.3) is 6.08 Å². The highest BCUT2D eigenvalue weighted by Gasteiger charge is 2.33. The Labute approximate surface area is 155 Å². The van der Waals surface area contributed by atoms with Gasteiger partial charge >= 0.3 is 5.97 Å². The molecule has 0 radical (unpaired) electrons. The summed E-state index contributed by atoms with van der Waals surface area (Å²) in [6, 6.07) is 6.61. The Morgan fingerprint density at radius 2 is 1.88 bits per heavy atom. The minimum atomic E-state index is -0.755. The van der Waals surface area contributed by atoms with Crippen LogP contribution in [-0.2, 0) is 9.59 Å². The van der Waals surface area contributed by atoms with E-state index in [1.165, 1.54) is 0 Å². The van der Waals surface area contributed by atoms with Gasteiger partial charge in [0.1, 0.15) is 16.0 Å². The first-order valence-corrected chi connectivity index (χ1v) is 9.08. The highest BCUT2D eigenvalue weighted by molar-refractivity contribution is 8.19. The van der Waals surface area contributed by atoms with Gasteiger partial charge < -0.3 is 10.1 Å². The average molecular weight is 394 g/mol. The summed E-state index contributed by atoms with van der Waals surface area (Å²) in [7, 11) is 0. The van der Waals surface area contributed by atoms with Crippen LogP contribution >= 0.6 is 35.7 Å². The molecule has 0 aromatic heterocycles. The van der Waals surface area contributed by atoms with Crippen LogP contribution in [0.4, 0.5) is 9.59 Å². The molecule has 0 bridgehead atoms. The van der Waals surface area contributed by atoms with Crippen molar-refractivity contribution in [2.45, 2.75) is 11.7 Å². The second kappa shape index (κ2) is 7.38. The summed E-state index contributed by atoms with van der Waals surface area (Å²) < 4.78 is 5.16. The molecule has 2 aliphatic heterocycles. The lowest BCUT2D eigenvalue weighted by Crippen LogP contribution is -2.27. The van der Waals surface area contributed by atoms with Crippen molar-refractivity contribution in [2.24, 2.45) is 0 Å². The smallest absolute Gasteiger partial charge is 0.312 e. The number of hydrogen-bond acceptors (Lipinski definition) is 8. The summed E-state index contributed by atoms with van der Waals surface area (Å²) in [6.07, 6.45) is 1.56. The van der Waals surface area contributed by atoms with Gasteiger partial charge in [-0.15, -0.1) is 0 Å². The predicted octanol–water partition coefficient (Wildman–Crippen LogP) is 2.46. The zero-order valence-corrected chi connectivity index (χ0v) is 14.9. The Bertz CT molecular complexity index is 819. The van der Waals surface area contributed by atoms with Gasteiger partial charge in [0.05, 0.1) is 11.3 Å². The van der Waals surface area contributed by atoms with Gasteiger partial charge in [0.25, 0.3) is 10.5 Å². The number of carbonyl (C=O) groups is 4. The van der Waals surface area contributed by atoms with Gasteiger partial charge in [-0.1, -0.05) is 36.1 Å². The summed E-state index contributed by atoms with van der Waals surface area (Å²) >= 11 is 6.83. The quantitative estimate of drug-likeness (QED) is 0.348. The highest BCUT2D eigenvalue weighted by atomic mass is 32.2. The average Bonchev–Trinajstić information content (AvgIpc) is 3.02. The molecule has 10 heteroatoms. The van der Waals surface area contributed by atoms with Crippen molar-refractivity contribution in [3.63, 3.8) is 0 Å². The Hall–Kier alpha value is -2.17. The molecule has 7 nitrogen and oxygen atoms in total. The summed E-state index contributed by atoms with van der Waals surface area (Å²) in [5, 5.41) is 3.21. The van der Waals surface area contributed by atoms with Gasteiger partial charge in [0.15, 0.2) is 0 Å². The Morgan fingerprint density at radius 3 is 2.44 bits per heavy atom. The molecule has 128 valence electrons. The molecule has 1 atom stereocenters. The molecule has 2 fully saturated rings. The molecule has 1 aromatic carbocycles. The molecule has 2 aliphatic rings. The number of nitrogens with one attached hydrogen (secondary N) is 2. The van der Waals surface area contributed by atoms with E-state index in [0.717, 1.165) is 29.1 Å². The number of benzene rings is 1. The van der Waals surface area contributed by atoms with Gasteiger partial charge in [-0.2, -0.15) is 0 Å². The van der Waals surface area contributed by atoms with Gasteiger partial charge in [-0.25, -0.2) is 0 Å². The van der Waals surface area contributed by atoms with E-state index in [4.69, 9.17) is 17.0 Å². The first-order valence-electron chi connectivity index (χ1n) is 6.98. The lowest BCUT2D eigenvalue weighted by Gasteiger charge is -2.06. The molecule has 1 aromatic rings. The molecule has 2 N–H and O–H groups in total. The van der Waals surface area contributed by atoms with Crippen molar-refractivity contribution in [3.8, 4) is 5.75 Å². The molecule has 3 amide bonds. The zero-order chi connectivity index (χ0) is 18.0. The van der Waals surface area contributed by atoms with Crippen molar-refractivity contribution < 1.29 is 23.9 Å². The van der Waals surface area contributed by atoms with E-state index in [0.29, 0.717) is 15.6 Å². The van der Waals surface area contributed by atoms with Crippen molar-refractivity contribution in [1.29, 1.82) is 0 Å². The number of hydrogen-bond donors (Lipinski definition) is 2. The highest BCUT2D eigenvalue weighted by Crippen LogP contribution is 2.27. The molecule has 3 rings (SSSR count). The van der Waals surface area contributed by atoms with Crippen LogP contribution < -0.4 is 15.4 Å². The molecule has 0 aliphatic carbocycles. The van der Waals surface area contributed by atoms with E-state index in [-0.39, 0.29) is 11.7 Å². The molecular weight excluding hydrogens is 384 g/mol. The minimum Gasteiger partial charge on any atom is -0.426 e. The van der Waals surface area contributed by atoms with E-state index < -0.39 is 22.4 Å².